The Kier molecular flexibility index (Phi) is 5.12. The van der Waals surface area contributed by atoms with Gasteiger partial charge in [0.05, 0.1) is 5.92 Å². The van der Waals surface area contributed by atoms with E-state index in [4.69, 9.17) is 4.42 Å². The van der Waals surface area contributed by atoms with E-state index in [9.17, 15) is 4.79 Å². The fraction of sp³-hybridized carbons (Fsp3) is 0.350. The number of hydrogen-bond acceptors (Lipinski definition) is 4. The van der Waals surface area contributed by atoms with Crippen LogP contribution in [-0.2, 0) is 11.2 Å². The zero-order valence-corrected chi connectivity index (χ0v) is 14.8. The quantitative estimate of drug-likeness (QED) is 0.746. The van der Waals surface area contributed by atoms with Crippen LogP contribution < -0.4 is 5.32 Å². The van der Waals surface area contributed by atoms with Gasteiger partial charge in [0.1, 0.15) is 5.52 Å². The molecule has 25 heavy (non-hydrogen) atoms. The molecule has 0 saturated heterocycles. The summed E-state index contributed by atoms with van der Waals surface area (Å²) in [6.45, 7) is 6.59. The fourth-order valence-electron chi connectivity index (χ4n) is 3.04. The molecule has 0 spiro atoms. The molecule has 1 aromatic carbocycles. The van der Waals surface area contributed by atoms with Crippen molar-refractivity contribution in [3.8, 4) is 0 Å². The number of rotatable bonds is 6. The van der Waals surface area contributed by atoms with E-state index in [2.05, 4.69) is 15.3 Å². The normalized spacial score (nSPS) is 12.5. The van der Waals surface area contributed by atoms with Crippen molar-refractivity contribution in [2.75, 3.05) is 6.54 Å². The van der Waals surface area contributed by atoms with Gasteiger partial charge in [-0.3, -0.25) is 9.78 Å². The Balaban J connectivity index is 1.63. The Morgan fingerprint density at radius 2 is 2.08 bits per heavy atom. The zero-order chi connectivity index (χ0) is 17.8. The number of benzene rings is 1. The molecule has 1 N–H and O–H groups in total. The first-order valence-electron chi connectivity index (χ1n) is 8.59. The molecule has 5 nitrogen and oxygen atoms in total. The summed E-state index contributed by atoms with van der Waals surface area (Å²) in [5.41, 5.74) is 3.71. The topological polar surface area (TPSA) is 68.0 Å². The van der Waals surface area contributed by atoms with E-state index in [0.717, 1.165) is 22.2 Å². The molecular weight excluding hydrogens is 314 g/mol. The molecule has 3 rings (SSSR count). The van der Waals surface area contributed by atoms with Gasteiger partial charge in [-0.15, -0.1) is 0 Å². The van der Waals surface area contributed by atoms with Gasteiger partial charge >= 0.3 is 0 Å². The third-order valence-electron chi connectivity index (χ3n) is 4.30. The number of amides is 1. The Bertz CT molecular complexity index is 856. The van der Waals surface area contributed by atoms with Crippen molar-refractivity contribution in [3.63, 3.8) is 0 Å². The molecule has 3 aromatic rings. The summed E-state index contributed by atoms with van der Waals surface area (Å²) in [4.78, 5) is 21.3. The van der Waals surface area contributed by atoms with Crippen molar-refractivity contribution in [3.05, 3.63) is 59.7 Å². The summed E-state index contributed by atoms with van der Waals surface area (Å²) < 4.78 is 5.75. The predicted molar refractivity (Wildman–Crippen MR) is 97.3 cm³/mol. The predicted octanol–water partition coefficient (Wildman–Crippen LogP) is 3.63. The summed E-state index contributed by atoms with van der Waals surface area (Å²) in [7, 11) is 0. The number of nitrogens with one attached hydrogen (secondary N) is 1. The van der Waals surface area contributed by atoms with Crippen LogP contribution in [0.4, 0.5) is 0 Å². The molecule has 1 atom stereocenters. The van der Waals surface area contributed by atoms with Crippen molar-refractivity contribution in [2.45, 2.75) is 33.1 Å². The van der Waals surface area contributed by atoms with E-state index < -0.39 is 0 Å². The molecule has 0 radical (unpaired) electrons. The maximum absolute atomic E-state index is 12.6. The highest BCUT2D eigenvalue weighted by atomic mass is 16.3. The van der Waals surface area contributed by atoms with E-state index in [1.165, 1.54) is 0 Å². The lowest BCUT2D eigenvalue weighted by atomic mass is 9.88. The summed E-state index contributed by atoms with van der Waals surface area (Å²) in [5.74, 6) is 0.637. The maximum Gasteiger partial charge on any atom is 0.227 e. The smallest absolute Gasteiger partial charge is 0.227 e. The molecular formula is C20H23N3O2. The number of carbonyl (C=O) groups is 1. The number of carbonyl (C=O) groups excluding carboxylic acids is 1. The number of pyridine rings is 1. The van der Waals surface area contributed by atoms with Crippen molar-refractivity contribution in [1.82, 2.24) is 15.3 Å². The van der Waals surface area contributed by atoms with E-state index in [1.807, 2.05) is 51.1 Å². The second-order valence-corrected chi connectivity index (χ2v) is 6.58. The standard InChI is InChI=1S/C20H23N3O2/c1-13(2)18(15-7-5-10-21-12-15)20(24)22-11-9-17-23-19-14(3)6-4-8-16(19)25-17/h4-8,10,12-13,18H,9,11H2,1-3H3,(H,22,24)/t18-/m1/s1. The Morgan fingerprint density at radius 3 is 2.76 bits per heavy atom. The van der Waals surface area contributed by atoms with Gasteiger partial charge in [-0.2, -0.15) is 0 Å². The molecule has 0 saturated carbocycles. The van der Waals surface area contributed by atoms with Gasteiger partial charge in [0, 0.05) is 25.4 Å². The highest BCUT2D eigenvalue weighted by molar-refractivity contribution is 5.83. The van der Waals surface area contributed by atoms with Crippen LogP contribution in [0.25, 0.3) is 11.1 Å². The van der Waals surface area contributed by atoms with Crippen LogP contribution in [0, 0.1) is 12.8 Å². The molecule has 2 heterocycles. The lowest BCUT2D eigenvalue weighted by Crippen LogP contribution is -2.33. The van der Waals surface area contributed by atoms with Gasteiger partial charge in [0.2, 0.25) is 5.91 Å². The molecule has 0 bridgehead atoms. The Labute approximate surface area is 147 Å². The van der Waals surface area contributed by atoms with Crippen molar-refractivity contribution in [1.29, 1.82) is 0 Å². The molecule has 5 heteroatoms. The number of fused-ring (bicyclic) bond motifs is 1. The third-order valence-corrected chi connectivity index (χ3v) is 4.30. The first-order chi connectivity index (χ1) is 12.1. The molecule has 0 fully saturated rings. The minimum absolute atomic E-state index is 0.00953. The molecule has 2 aromatic heterocycles. The van der Waals surface area contributed by atoms with E-state index in [1.54, 1.807) is 12.4 Å². The highest BCUT2D eigenvalue weighted by Crippen LogP contribution is 2.24. The average Bonchev–Trinajstić information content (AvgIpc) is 3.00. The van der Waals surface area contributed by atoms with Crippen molar-refractivity contribution < 1.29 is 9.21 Å². The van der Waals surface area contributed by atoms with E-state index in [-0.39, 0.29) is 17.7 Å². The summed E-state index contributed by atoms with van der Waals surface area (Å²) in [6.07, 6.45) is 4.04. The number of oxazole rings is 1. The van der Waals surface area contributed by atoms with Crippen LogP contribution in [0.15, 0.2) is 47.1 Å². The highest BCUT2D eigenvalue weighted by Gasteiger charge is 2.24. The Morgan fingerprint density at radius 1 is 1.24 bits per heavy atom. The van der Waals surface area contributed by atoms with Crippen LogP contribution in [0.1, 0.15) is 36.8 Å². The van der Waals surface area contributed by atoms with Crippen LogP contribution in [0.3, 0.4) is 0 Å². The Hall–Kier alpha value is -2.69. The van der Waals surface area contributed by atoms with Crippen LogP contribution in [-0.4, -0.2) is 22.4 Å². The van der Waals surface area contributed by atoms with Crippen molar-refractivity contribution in [2.24, 2.45) is 5.92 Å². The molecule has 0 aliphatic heterocycles. The third kappa shape index (κ3) is 3.87. The van der Waals surface area contributed by atoms with Gasteiger partial charge in [-0.25, -0.2) is 4.98 Å². The van der Waals surface area contributed by atoms with Crippen molar-refractivity contribution >= 4 is 17.0 Å². The van der Waals surface area contributed by atoms with Gasteiger partial charge in [0.25, 0.3) is 0 Å². The lowest BCUT2D eigenvalue weighted by molar-refractivity contribution is -0.123. The minimum Gasteiger partial charge on any atom is -0.441 e. The second kappa shape index (κ2) is 7.47. The summed E-state index contributed by atoms with van der Waals surface area (Å²) in [6, 6.07) is 9.68. The van der Waals surface area contributed by atoms with Gasteiger partial charge in [-0.05, 0) is 36.1 Å². The zero-order valence-electron chi connectivity index (χ0n) is 14.8. The molecule has 0 aliphatic carbocycles. The van der Waals surface area contributed by atoms with Gasteiger partial charge < -0.3 is 9.73 Å². The SMILES string of the molecule is Cc1cccc2oc(CCNC(=O)[C@@H](c3cccnc3)C(C)C)nc12. The summed E-state index contributed by atoms with van der Waals surface area (Å²) in [5, 5.41) is 3.00. The van der Waals surface area contributed by atoms with E-state index in [0.29, 0.717) is 18.9 Å². The average molecular weight is 337 g/mol. The maximum atomic E-state index is 12.6. The van der Waals surface area contributed by atoms with Crippen LogP contribution in [0.5, 0.6) is 0 Å². The van der Waals surface area contributed by atoms with Gasteiger partial charge in [-0.1, -0.05) is 32.0 Å². The first-order valence-corrected chi connectivity index (χ1v) is 8.59. The minimum atomic E-state index is -0.209. The fourth-order valence-corrected chi connectivity index (χ4v) is 3.04. The lowest BCUT2D eigenvalue weighted by Gasteiger charge is -2.20. The van der Waals surface area contributed by atoms with Crippen LogP contribution >= 0.6 is 0 Å². The van der Waals surface area contributed by atoms with Crippen LogP contribution in [0.2, 0.25) is 0 Å². The van der Waals surface area contributed by atoms with E-state index >= 15 is 0 Å². The second-order valence-electron chi connectivity index (χ2n) is 6.58. The molecule has 0 aliphatic rings. The number of aromatic nitrogens is 2. The number of hydrogen-bond donors (Lipinski definition) is 1. The monoisotopic (exact) mass is 337 g/mol. The molecule has 0 unspecified atom stereocenters. The molecule has 130 valence electrons. The number of aryl methyl sites for hydroxylation is 1. The largest absolute Gasteiger partial charge is 0.441 e. The number of para-hydroxylation sites is 1. The molecule has 1 amide bonds. The number of nitrogens with zero attached hydrogens (tertiary/aromatic N) is 2. The van der Waals surface area contributed by atoms with Gasteiger partial charge in [0.15, 0.2) is 11.5 Å². The summed E-state index contributed by atoms with van der Waals surface area (Å²) >= 11 is 0. The first kappa shape index (κ1) is 17.1.